The average molecular weight is 461 g/mol. The van der Waals surface area contributed by atoms with Gasteiger partial charge in [0.1, 0.15) is 12.9 Å². The van der Waals surface area contributed by atoms with E-state index in [2.05, 4.69) is 10.3 Å². The van der Waals surface area contributed by atoms with E-state index in [0.29, 0.717) is 35.7 Å². The van der Waals surface area contributed by atoms with Gasteiger partial charge in [-0.15, -0.1) is 0 Å². The van der Waals surface area contributed by atoms with E-state index in [0.717, 1.165) is 22.5 Å². The van der Waals surface area contributed by atoms with Gasteiger partial charge in [0.15, 0.2) is 17.1 Å². The van der Waals surface area contributed by atoms with Crippen molar-refractivity contribution in [3.05, 3.63) is 82.0 Å². The van der Waals surface area contributed by atoms with Gasteiger partial charge in [-0.3, -0.25) is 18.7 Å². The Hall–Kier alpha value is -4.07. The minimum Gasteiger partial charge on any atom is -0.493 e. The van der Waals surface area contributed by atoms with Crippen molar-refractivity contribution in [1.82, 2.24) is 19.4 Å². The van der Waals surface area contributed by atoms with Gasteiger partial charge in [0, 0.05) is 17.9 Å². The summed E-state index contributed by atoms with van der Waals surface area (Å²) in [6.45, 7) is 6.46. The van der Waals surface area contributed by atoms with Crippen LogP contribution in [0.2, 0.25) is 0 Å². The van der Waals surface area contributed by atoms with Crippen molar-refractivity contribution in [2.75, 3.05) is 13.7 Å². The maximum Gasteiger partial charge on any atom is 0.263 e. The van der Waals surface area contributed by atoms with Gasteiger partial charge in [-0.1, -0.05) is 24.3 Å². The van der Waals surface area contributed by atoms with Crippen LogP contribution in [-0.4, -0.2) is 33.7 Å². The molecule has 0 bridgehead atoms. The number of aryl methyl sites for hydroxylation is 1. The SMILES string of the molecule is CCOc1cc(CNC(=O)Cn2cnc3c(c(C)c(C)n3-c3ccccc3)c2=O)ccc1OC. The highest BCUT2D eigenvalue weighted by Gasteiger charge is 2.18. The average Bonchev–Trinajstić information content (AvgIpc) is 3.10. The number of rotatable bonds is 8. The third-order valence-electron chi connectivity index (χ3n) is 5.83. The summed E-state index contributed by atoms with van der Waals surface area (Å²) in [4.78, 5) is 30.4. The van der Waals surface area contributed by atoms with Crippen LogP contribution >= 0.6 is 0 Å². The lowest BCUT2D eigenvalue weighted by atomic mass is 10.2. The van der Waals surface area contributed by atoms with E-state index in [1.807, 2.05) is 67.8 Å². The van der Waals surface area contributed by atoms with Gasteiger partial charge in [-0.25, -0.2) is 4.98 Å². The standard InChI is InChI=1S/C26H28N4O4/c1-5-34-22-13-19(11-12-21(22)33-4)14-27-23(31)15-29-16-28-25-24(26(29)32)17(2)18(3)30(25)20-9-7-6-8-10-20/h6-13,16H,5,14-15H2,1-4H3,(H,27,31). The van der Waals surface area contributed by atoms with Gasteiger partial charge in [-0.05, 0) is 56.2 Å². The number of carbonyl (C=O) groups excluding carboxylic acids is 1. The summed E-state index contributed by atoms with van der Waals surface area (Å²) in [6, 6.07) is 15.3. The van der Waals surface area contributed by atoms with Crippen molar-refractivity contribution in [3.63, 3.8) is 0 Å². The number of hydrogen-bond acceptors (Lipinski definition) is 5. The second kappa shape index (κ2) is 9.82. The Morgan fingerprint density at radius 3 is 2.56 bits per heavy atom. The minimum absolute atomic E-state index is 0.120. The maximum absolute atomic E-state index is 13.2. The molecule has 2 aromatic carbocycles. The molecule has 176 valence electrons. The van der Waals surface area contributed by atoms with Gasteiger partial charge in [0.2, 0.25) is 5.91 Å². The second-order valence-corrected chi connectivity index (χ2v) is 7.95. The van der Waals surface area contributed by atoms with Gasteiger partial charge < -0.3 is 14.8 Å². The molecule has 4 aromatic rings. The molecule has 8 nitrogen and oxygen atoms in total. The molecule has 4 rings (SSSR count). The summed E-state index contributed by atoms with van der Waals surface area (Å²) in [7, 11) is 1.58. The number of amides is 1. The first kappa shape index (κ1) is 23.1. The lowest BCUT2D eigenvalue weighted by Gasteiger charge is -2.12. The van der Waals surface area contributed by atoms with Crippen LogP contribution in [0.15, 0.2) is 59.7 Å². The van der Waals surface area contributed by atoms with Crippen LogP contribution in [0.1, 0.15) is 23.7 Å². The predicted octanol–water partition coefficient (Wildman–Crippen LogP) is 3.53. The molecule has 0 saturated carbocycles. The molecule has 0 radical (unpaired) electrons. The number of nitrogens with zero attached hydrogens (tertiary/aromatic N) is 3. The third kappa shape index (κ3) is 4.39. The Kier molecular flexibility index (Phi) is 6.67. The van der Waals surface area contributed by atoms with Crippen molar-refractivity contribution < 1.29 is 14.3 Å². The Balaban J connectivity index is 1.54. The van der Waals surface area contributed by atoms with Crippen LogP contribution in [0.3, 0.4) is 0 Å². The van der Waals surface area contributed by atoms with Gasteiger partial charge in [0.05, 0.1) is 19.1 Å². The minimum atomic E-state index is -0.283. The maximum atomic E-state index is 13.2. The molecular weight excluding hydrogens is 432 g/mol. The summed E-state index contributed by atoms with van der Waals surface area (Å²) >= 11 is 0. The predicted molar refractivity (Wildman–Crippen MR) is 131 cm³/mol. The molecule has 1 amide bonds. The second-order valence-electron chi connectivity index (χ2n) is 7.95. The fourth-order valence-corrected chi connectivity index (χ4v) is 4.00. The van der Waals surface area contributed by atoms with Gasteiger partial charge >= 0.3 is 0 Å². The van der Waals surface area contributed by atoms with Gasteiger partial charge in [-0.2, -0.15) is 0 Å². The zero-order valence-electron chi connectivity index (χ0n) is 19.8. The first-order valence-corrected chi connectivity index (χ1v) is 11.1. The normalized spacial score (nSPS) is 10.9. The molecule has 1 N–H and O–H groups in total. The van der Waals surface area contributed by atoms with E-state index in [1.54, 1.807) is 13.2 Å². The Morgan fingerprint density at radius 1 is 1.09 bits per heavy atom. The van der Waals surface area contributed by atoms with Crippen molar-refractivity contribution in [3.8, 4) is 17.2 Å². The number of hydrogen-bond donors (Lipinski definition) is 1. The molecule has 8 heteroatoms. The smallest absolute Gasteiger partial charge is 0.263 e. The monoisotopic (exact) mass is 460 g/mol. The van der Waals surface area contributed by atoms with E-state index in [1.165, 1.54) is 10.9 Å². The van der Waals surface area contributed by atoms with Crippen LogP contribution in [-0.2, 0) is 17.9 Å². The molecule has 34 heavy (non-hydrogen) atoms. The molecule has 2 aromatic heterocycles. The number of aromatic nitrogens is 3. The summed E-state index contributed by atoms with van der Waals surface area (Å²) in [6.07, 6.45) is 1.43. The number of ether oxygens (including phenoxy) is 2. The van der Waals surface area contributed by atoms with Crippen LogP contribution < -0.4 is 20.3 Å². The Labute approximate surface area is 197 Å². The van der Waals surface area contributed by atoms with Crippen molar-refractivity contribution >= 4 is 16.9 Å². The van der Waals surface area contributed by atoms with E-state index >= 15 is 0 Å². The number of nitrogens with one attached hydrogen (secondary N) is 1. The fourth-order valence-electron chi connectivity index (χ4n) is 4.00. The van der Waals surface area contributed by atoms with E-state index in [9.17, 15) is 9.59 Å². The summed E-state index contributed by atoms with van der Waals surface area (Å²) in [5.41, 5.74) is 3.95. The van der Waals surface area contributed by atoms with Crippen molar-refractivity contribution in [2.24, 2.45) is 0 Å². The number of methoxy groups -OCH3 is 1. The molecule has 0 unspecified atom stereocenters. The highest BCUT2D eigenvalue weighted by Crippen LogP contribution is 2.28. The highest BCUT2D eigenvalue weighted by molar-refractivity contribution is 5.83. The van der Waals surface area contributed by atoms with Crippen LogP contribution in [0.5, 0.6) is 11.5 Å². The quantitative estimate of drug-likeness (QED) is 0.435. The van der Waals surface area contributed by atoms with E-state index < -0.39 is 0 Å². The van der Waals surface area contributed by atoms with E-state index in [-0.39, 0.29) is 18.0 Å². The van der Waals surface area contributed by atoms with E-state index in [4.69, 9.17) is 9.47 Å². The largest absolute Gasteiger partial charge is 0.493 e. The summed E-state index contributed by atoms with van der Waals surface area (Å²) in [5, 5.41) is 3.38. The summed E-state index contributed by atoms with van der Waals surface area (Å²) in [5.74, 6) is 0.973. The highest BCUT2D eigenvalue weighted by atomic mass is 16.5. The lowest BCUT2D eigenvalue weighted by molar-refractivity contribution is -0.121. The molecule has 0 fully saturated rings. The van der Waals surface area contributed by atoms with Crippen molar-refractivity contribution in [1.29, 1.82) is 0 Å². The zero-order chi connectivity index (χ0) is 24.2. The Morgan fingerprint density at radius 2 is 1.85 bits per heavy atom. The van der Waals surface area contributed by atoms with Crippen molar-refractivity contribution in [2.45, 2.75) is 33.9 Å². The lowest BCUT2D eigenvalue weighted by Crippen LogP contribution is -2.32. The molecule has 0 aliphatic rings. The van der Waals surface area contributed by atoms with Gasteiger partial charge in [0.25, 0.3) is 5.56 Å². The number of benzene rings is 2. The Bertz CT molecular complexity index is 1390. The molecule has 0 aliphatic heterocycles. The van der Waals surface area contributed by atoms with Crippen LogP contribution in [0.4, 0.5) is 0 Å². The van der Waals surface area contributed by atoms with Crippen LogP contribution in [0.25, 0.3) is 16.7 Å². The summed E-state index contributed by atoms with van der Waals surface area (Å²) < 4.78 is 14.2. The van der Waals surface area contributed by atoms with Crippen LogP contribution in [0, 0.1) is 13.8 Å². The number of para-hydroxylation sites is 1. The number of carbonyl (C=O) groups is 1. The molecule has 0 spiro atoms. The first-order chi connectivity index (χ1) is 16.4. The molecule has 0 aliphatic carbocycles. The molecule has 0 atom stereocenters. The zero-order valence-corrected chi connectivity index (χ0v) is 19.8. The molecule has 2 heterocycles. The molecule has 0 saturated heterocycles. The first-order valence-electron chi connectivity index (χ1n) is 11.1. The number of fused-ring (bicyclic) bond motifs is 1. The third-order valence-corrected chi connectivity index (χ3v) is 5.83. The topological polar surface area (TPSA) is 87.4 Å². The molecular formula is C26H28N4O4. The fraction of sp³-hybridized carbons (Fsp3) is 0.269.